The van der Waals surface area contributed by atoms with Crippen molar-refractivity contribution in [2.75, 3.05) is 7.11 Å². The third-order valence-corrected chi connectivity index (χ3v) is 4.28. The van der Waals surface area contributed by atoms with Crippen molar-refractivity contribution in [3.05, 3.63) is 65.0 Å². The van der Waals surface area contributed by atoms with E-state index in [1.807, 2.05) is 29.2 Å². The highest BCUT2D eigenvalue weighted by atomic mass is 19.1. The van der Waals surface area contributed by atoms with Crippen molar-refractivity contribution in [1.82, 2.24) is 4.90 Å². The Kier molecular flexibility index (Phi) is 4.30. The fraction of sp³-hybridized carbons (Fsp3) is 0.278. The van der Waals surface area contributed by atoms with Crippen LogP contribution in [-0.2, 0) is 24.3 Å². The summed E-state index contributed by atoms with van der Waals surface area (Å²) >= 11 is 0. The van der Waals surface area contributed by atoms with E-state index >= 15 is 0 Å². The molecule has 0 bridgehead atoms. The van der Waals surface area contributed by atoms with E-state index in [2.05, 4.69) is 0 Å². The van der Waals surface area contributed by atoms with Crippen LogP contribution in [0.5, 0.6) is 5.75 Å². The Morgan fingerprint density at radius 1 is 1.30 bits per heavy atom. The van der Waals surface area contributed by atoms with Gasteiger partial charge in [0.15, 0.2) is 11.6 Å². The Balaban J connectivity index is 1.85. The summed E-state index contributed by atoms with van der Waals surface area (Å²) in [6.07, 6.45) is 0.587. The molecule has 1 aliphatic rings. The Hall–Kier alpha value is -2.40. The smallest absolute Gasteiger partial charge is 0.235 e. The number of primary amides is 1. The Morgan fingerprint density at radius 3 is 2.70 bits per heavy atom. The topological polar surface area (TPSA) is 55.6 Å². The third kappa shape index (κ3) is 3.19. The number of hydrogen-bond acceptors (Lipinski definition) is 3. The molecule has 0 radical (unpaired) electrons. The van der Waals surface area contributed by atoms with Crippen LogP contribution >= 0.6 is 0 Å². The molecule has 1 amide bonds. The summed E-state index contributed by atoms with van der Waals surface area (Å²) in [5, 5.41) is 0. The van der Waals surface area contributed by atoms with Gasteiger partial charge in [-0.25, -0.2) is 4.39 Å². The second-order valence-electron chi connectivity index (χ2n) is 5.76. The number of fused-ring (bicyclic) bond motifs is 1. The van der Waals surface area contributed by atoms with Crippen LogP contribution in [0.4, 0.5) is 4.39 Å². The normalized spacial score (nSPS) is 17.6. The Morgan fingerprint density at radius 2 is 2.04 bits per heavy atom. The molecule has 1 aliphatic heterocycles. The molecule has 0 saturated heterocycles. The monoisotopic (exact) mass is 314 g/mol. The van der Waals surface area contributed by atoms with Gasteiger partial charge in [0.2, 0.25) is 5.91 Å². The fourth-order valence-corrected chi connectivity index (χ4v) is 3.07. The van der Waals surface area contributed by atoms with Crippen LogP contribution in [-0.4, -0.2) is 24.0 Å². The van der Waals surface area contributed by atoms with Gasteiger partial charge in [0, 0.05) is 13.1 Å². The van der Waals surface area contributed by atoms with Crippen molar-refractivity contribution in [2.45, 2.75) is 25.6 Å². The zero-order valence-electron chi connectivity index (χ0n) is 13.0. The first-order valence-corrected chi connectivity index (χ1v) is 7.51. The van der Waals surface area contributed by atoms with Crippen molar-refractivity contribution < 1.29 is 13.9 Å². The quantitative estimate of drug-likeness (QED) is 0.942. The van der Waals surface area contributed by atoms with Crippen molar-refractivity contribution in [2.24, 2.45) is 5.73 Å². The van der Waals surface area contributed by atoms with E-state index in [9.17, 15) is 9.18 Å². The highest BCUT2D eigenvalue weighted by Gasteiger charge is 2.29. The molecule has 23 heavy (non-hydrogen) atoms. The van der Waals surface area contributed by atoms with Crippen LogP contribution in [0.25, 0.3) is 0 Å². The average Bonchev–Trinajstić information content (AvgIpc) is 2.54. The number of hydrogen-bond donors (Lipinski definition) is 1. The molecule has 0 spiro atoms. The van der Waals surface area contributed by atoms with Gasteiger partial charge < -0.3 is 10.5 Å². The molecule has 4 nitrogen and oxygen atoms in total. The average molecular weight is 314 g/mol. The highest BCUT2D eigenvalue weighted by Crippen LogP contribution is 2.26. The molecule has 0 fully saturated rings. The van der Waals surface area contributed by atoms with Gasteiger partial charge in [-0.15, -0.1) is 0 Å². The maximum Gasteiger partial charge on any atom is 0.235 e. The Labute approximate surface area is 134 Å². The number of benzene rings is 2. The highest BCUT2D eigenvalue weighted by molar-refractivity contribution is 5.80. The minimum atomic E-state index is -0.405. The molecule has 0 saturated carbocycles. The minimum Gasteiger partial charge on any atom is -0.494 e. The number of ether oxygens (including phenoxy) is 1. The van der Waals surface area contributed by atoms with Gasteiger partial charge >= 0.3 is 0 Å². The number of nitrogens with zero attached hydrogens (tertiary/aromatic N) is 1. The van der Waals surface area contributed by atoms with Crippen LogP contribution in [0.2, 0.25) is 0 Å². The number of rotatable bonds is 4. The van der Waals surface area contributed by atoms with E-state index in [4.69, 9.17) is 10.5 Å². The van der Waals surface area contributed by atoms with Crippen LogP contribution in [0.3, 0.4) is 0 Å². The van der Waals surface area contributed by atoms with Crippen LogP contribution < -0.4 is 10.5 Å². The predicted molar refractivity (Wildman–Crippen MR) is 85.3 cm³/mol. The largest absolute Gasteiger partial charge is 0.494 e. The van der Waals surface area contributed by atoms with E-state index in [0.29, 0.717) is 19.5 Å². The molecular weight excluding hydrogens is 295 g/mol. The standard InChI is InChI=1S/C18H19FN2O2/c1-23-17-7-6-12(8-15(17)19)10-21-11-14-5-3-2-4-13(14)9-16(21)18(20)22/h2-8,16H,9-11H2,1H3,(H2,20,22). The first-order valence-electron chi connectivity index (χ1n) is 7.51. The summed E-state index contributed by atoms with van der Waals surface area (Å²) in [6.45, 7) is 1.08. The number of carbonyl (C=O) groups excluding carboxylic acids is 1. The maximum absolute atomic E-state index is 13.9. The zero-order chi connectivity index (χ0) is 16.4. The van der Waals surface area contributed by atoms with E-state index in [-0.39, 0.29) is 17.7 Å². The Bertz CT molecular complexity index is 733. The summed E-state index contributed by atoms with van der Waals surface area (Å²) in [7, 11) is 1.43. The molecular formula is C18H19FN2O2. The van der Waals surface area contributed by atoms with Gasteiger partial charge in [-0.3, -0.25) is 9.69 Å². The number of methoxy groups -OCH3 is 1. The SMILES string of the molecule is COc1ccc(CN2Cc3ccccc3CC2C(N)=O)cc1F. The van der Waals surface area contributed by atoms with E-state index in [0.717, 1.165) is 11.1 Å². The van der Waals surface area contributed by atoms with E-state index in [1.54, 1.807) is 12.1 Å². The van der Waals surface area contributed by atoms with Crippen LogP contribution in [0.1, 0.15) is 16.7 Å². The molecule has 2 aromatic carbocycles. The van der Waals surface area contributed by atoms with Crippen molar-refractivity contribution in [3.63, 3.8) is 0 Å². The lowest BCUT2D eigenvalue weighted by molar-refractivity contribution is -0.124. The van der Waals surface area contributed by atoms with Crippen LogP contribution in [0.15, 0.2) is 42.5 Å². The molecule has 0 aliphatic carbocycles. The van der Waals surface area contributed by atoms with Crippen molar-refractivity contribution >= 4 is 5.91 Å². The summed E-state index contributed by atoms with van der Waals surface area (Å²) in [5.41, 5.74) is 8.68. The molecule has 5 heteroatoms. The lowest BCUT2D eigenvalue weighted by atomic mass is 9.93. The zero-order valence-corrected chi connectivity index (χ0v) is 13.0. The van der Waals surface area contributed by atoms with Crippen molar-refractivity contribution in [1.29, 1.82) is 0 Å². The lowest BCUT2D eigenvalue weighted by Gasteiger charge is -2.35. The first-order chi connectivity index (χ1) is 11.1. The second-order valence-corrected chi connectivity index (χ2v) is 5.76. The molecule has 2 N–H and O–H groups in total. The fourth-order valence-electron chi connectivity index (χ4n) is 3.07. The molecule has 120 valence electrons. The van der Waals surface area contributed by atoms with Gasteiger partial charge in [-0.05, 0) is 35.2 Å². The maximum atomic E-state index is 13.9. The number of halogens is 1. The lowest BCUT2D eigenvalue weighted by Crippen LogP contribution is -2.48. The number of nitrogens with two attached hydrogens (primary N) is 1. The first kappa shape index (κ1) is 15.5. The number of amides is 1. The molecule has 1 heterocycles. The molecule has 1 atom stereocenters. The molecule has 3 rings (SSSR count). The van der Waals surface area contributed by atoms with Crippen molar-refractivity contribution in [3.8, 4) is 5.75 Å². The molecule has 1 unspecified atom stereocenters. The van der Waals surface area contributed by atoms with Gasteiger partial charge in [0.05, 0.1) is 13.2 Å². The molecule has 0 aromatic heterocycles. The predicted octanol–water partition coefficient (Wildman–Crippen LogP) is 2.25. The van der Waals surface area contributed by atoms with Gasteiger partial charge in [0.25, 0.3) is 0 Å². The number of carbonyl (C=O) groups is 1. The summed E-state index contributed by atoms with van der Waals surface area (Å²) in [4.78, 5) is 13.8. The minimum absolute atomic E-state index is 0.212. The third-order valence-electron chi connectivity index (χ3n) is 4.28. The summed E-state index contributed by atoms with van der Waals surface area (Å²) in [6, 6.07) is 12.5. The molecule has 2 aromatic rings. The van der Waals surface area contributed by atoms with E-state index in [1.165, 1.54) is 18.7 Å². The van der Waals surface area contributed by atoms with Crippen LogP contribution in [0, 0.1) is 5.82 Å². The summed E-state index contributed by atoms with van der Waals surface area (Å²) in [5.74, 6) is -0.546. The van der Waals surface area contributed by atoms with Gasteiger partial charge in [-0.2, -0.15) is 0 Å². The second kappa shape index (κ2) is 6.38. The van der Waals surface area contributed by atoms with Gasteiger partial charge in [0.1, 0.15) is 0 Å². The summed E-state index contributed by atoms with van der Waals surface area (Å²) < 4.78 is 18.8. The van der Waals surface area contributed by atoms with Gasteiger partial charge in [-0.1, -0.05) is 30.3 Å². The van der Waals surface area contributed by atoms with E-state index < -0.39 is 5.82 Å².